The number of nitrogens with zero attached hydrogens (tertiary/aromatic N) is 1. The van der Waals surface area contributed by atoms with Crippen LogP contribution in [0.4, 0.5) is 5.69 Å². The molecule has 2 rings (SSSR count). The largest absolute Gasteiger partial charge is 0.377 e. The Labute approximate surface area is 122 Å². The summed E-state index contributed by atoms with van der Waals surface area (Å²) in [7, 11) is 0. The Kier molecular flexibility index (Phi) is 4.31. The highest BCUT2D eigenvalue weighted by Crippen LogP contribution is 2.27. The van der Waals surface area contributed by atoms with E-state index in [0.29, 0.717) is 15.6 Å². The van der Waals surface area contributed by atoms with E-state index in [2.05, 4.69) is 11.4 Å². The van der Waals surface area contributed by atoms with Crippen molar-refractivity contribution >= 4 is 28.9 Å². The molecule has 1 atom stereocenters. The molecule has 0 aliphatic heterocycles. The fourth-order valence-electron chi connectivity index (χ4n) is 1.85. The van der Waals surface area contributed by atoms with Gasteiger partial charge in [0.2, 0.25) is 0 Å². The molecule has 4 heteroatoms. The topological polar surface area (TPSA) is 35.8 Å². The highest BCUT2D eigenvalue weighted by molar-refractivity contribution is 6.32. The molecule has 1 unspecified atom stereocenters. The van der Waals surface area contributed by atoms with E-state index in [0.717, 1.165) is 11.3 Å². The van der Waals surface area contributed by atoms with Gasteiger partial charge in [0.1, 0.15) is 6.07 Å². The second kappa shape index (κ2) is 5.97. The zero-order valence-electron chi connectivity index (χ0n) is 10.3. The standard InChI is InChI=1S/C15H12Cl2N2/c1-10(11-4-2-5-12(16)8-11)19-15-7-3-6-14(17)13(15)9-18/h2-8,10,19H,1H3. The van der Waals surface area contributed by atoms with E-state index in [4.69, 9.17) is 28.5 Å². The van der Waals surface area contributed by atoms with Crippen LogP contribution in [0.5, 0.6) is 0 Å². The third kappa shape index (κ3) is 3.20. The smallest absolute Gasteiger partial charge is 0.103 e. The van der Waals surface area contributed by atoms with Gasteiger partial charge in [0.25, 0.3) is 0 Å². The van der Waals surface area contributed by atoms with Crippen molar-refractivity contribution in [2.75, 3.05) is 5.32 Å². The zero-order chi connectivity index (χ0) is 13.8. The highest BCUT2D eigenvalue weighted by atomic mass is 35.5. The molecule has 0 heterocycles. The summed E-state index contributed by atoms with van der Waals surface area (Å²) in [6.45, 7) is 2.01. The Morgan fingerprint density at radius 2 is 1.89 bits per heavy atom. The van der Waals surface area contributed by atoms with E-state index >= 15 is 0 Å². The lowest BCUT2D eigenvalue weighted by molar-refractivity contribution is 0.884. The number of benzene rings is 2. The summed E-state index contributed by atoms with van der Waals surface area (Å²) >= 11 is 12.0. The Balaban J connectivity index is 2.27. The van der Waals surface area contributed by atoms with Gasteiger partial charge in [0, 0.05) is 11.1 Å². The molecule has 0 spiro atoms. The maximum Gasteiger partial charge on any atom is 0.103 e. The van der Waals surface area contributed by atoms with E-state index in [9.17, 15) is 0 Å². The van der Waals surface area contributed by atoms with Crippen LogP contribution in [0.2, 0.25) is 10.0 Å². The van der Waals surface area contributed by atoms with Gasteiger partial charge < -0.3 is 5.32 Å². The molecule has 2 nitrogen and oxygen atoms in total. The molecule has 2 aromatic carbocycles. The van der Waals surface area contributed by atoms with Gasteiger partial charge in [-0.25, -0.2) is 0 Å². The van der Waals surface area contributed by atoms with Crippen LogP contribution in [-0.4, -0.2) is 0 Å². The third-order valence-corrected chi connectivity index (χ3v) is 3.40. The van der Waals surface area contributed by atoms with Crippen molar-refractivity contribution in [2.24, 2.45) is 0 Å². The molecule has 0 fully saturated rings. The molecule has 0 aromatic heterocycles. The quantitative estimate of drug-likeness (QED) is 0.860. The number of nitrogens with one attached hydrogen (secondary N) is 1. The molecule has 0 saturated heterocycles. The summed E-state index contributed by atoms with van der Waals surface area (Å²) in [6, 6.07) is 15.1. The maximum atomic E-state index is 9.13. The fraction of sp³-hybridized carbons (Fsp3) is 0.133. The number of nitriles is 1. The van der Waals surface area contributed by atoms with Gasteiger partial charge in [-0.3, -0.25) is 0 Å². The minimum Gasteiger partial charge on any atom is -0.377 e. The number of hydrogen-bond acceptors (Lipinski definition) is 2. The minimum absolute atomic E-state index is 0.0317. The summed E-state index contributed by atoms with van der Waals surface area (Å²) < 4.78 is 0. The molecule has 0 aliphatic carbocycles. The van der Waals surface area contributed by atoms with E-state index in [1.165, 1.54) is 0 Å². The Bertz CT molecular complexity index is 632. The van der Waals surface area contributed by atoms with Crippen LogP contribution < -0.4 is 5.32 Å². The fourth-order valence-corrected chi connectivity index (χ4v) is 2.27. The second-order valence-electron chi connectivity index (χ2n) is 4.20. The number of hydrogen-bond donors (Lipinski definition) is 1. The minimum atomic E-state index is 0.0317. The Hall–Kier alpha value is -1.69. The Morgan fingerprint density at radius 1 is 1.16 bits per heavy atom. The van der Waals surface area contributed by atoms with Crippen LogP contribution in [0.15, 0.2) is 42.5 Å². The van der Waals surface area contributed by atoms with Crippen LogP contribution in [0.3, 0.4) is 0 Å². The van der Waals surface area contributed by atoms with Gasteiger partial charge in [-0.1, -0.05) is 41.4 Å². The van der Waals surface area contributed by atoms with Crippen LogP contribution in [-0.2, 0) is 0 Å². The maximum absolute atomic E-state index is 9.13. The van der Waals surface area contributed by atoms with Crippen molar-refractivity contribution in [2.45, 2.75) is 13.0 Å². The molecule has 0 bridgehead atoms. The van der Waals surface area contributed by atoms with Gasteiger partial charge in [0.15, 0.2) is 0 Å². The van der Waals surface area contributed by atoms with Crippen molar-refractivity contribution in [3.8, 4) is 6.07 Å². The van der Waals surface area contributed by atoms with Gasteiger partial charge in [0.05, 0.1) is 16.3 Å². The van der Waals surface area contributed by atoms with Crippen molar-refractivity contribution in [3.63, 3.8) is 0 Å². The van der Waals surface area contributed by atoms with Gasteiger partial charge in [-0.2, -0.15) is 5.26 Å². The monoisotopic (exact) mass is 290 g/mol. The third-order valence-electron chi connectivity index (χ3n) is 2.85. The Morgan fingerprint density at radius 3 is 2.58 bits per heavy atom. The average Bonchev–Trinajstić information content (AvgIpc) is 2.39. The van der Waals surface area contributed by atoms with Crippen molar-refractivity contribution < 1.29 is 0 Å². The normalized spacial score (nSPS) is 11.7. The first kappa shape index (κ1) is 13.7. The van der Waals surface area contributed by atoms with Gasteiger partial charge >= 0.3 is 0 Å². The second-order valence-corrected chi connectivity index (χ2v) is 5.04. The molecular formula is C15H12Cl2N2. The van der Waals surface area contributed by atoms with Crippen molar-refractivity contribution in [1.29, 1.82) is 5.26 Å². The molecule has 0 saturated carbocycles. The average molecular weight is 291 g/mol. The van der Waals surface area contributed by atoms with Crippen LogP contribution in [0.25, 0.3) is 0 Å². The molecule has 19 heavy (non-hydrogen) atoms. The van der Waals surface area contributed by atoms with Gasteiger partial charge in [-0.05, 0) is 36.8 Å². The molecule has 0 amide bonds. The summed E-state index contributed by atoms with van der Waals surface area (Å²) in [5, 5.41) is 13.6. The first-order valence-corrected chi connectivity index (χ1v) is 6.58. The van der Waals surface area contributed by atoms with E-state index in [-0.39, 0.29) is 6.04 Å². The molecule has 0 radical (unpaired) electrons. The lowest BCUT2D eigenvalue weighted by Crippen LogP contribution is -2.07. The predicted octanol–water partition coefficient (Wildman–Crippen LogP) is 5.04. The summed E-state index contributed by atoms with van der Waals surface area (Å²) in [6.07, 6.45) is 0. The summed E-state index contributed by atoms with van der Waals surface area (Å²) in [5.74, 6) is 0. The first-order valence-electron chi connectivity index (χ1n) is 5.82. The van der Waals surface area contributed by atoms with Crippen LogP contribution >= 0.6 is 23.2 Å². The van der Waals surface area contributed by atoms with Crippen molar-refractivity contribution in [1.82, 2.24) is 0 Å². The van der Waals surface area contributed by atoms with E-state index in [1.54, 1.807) is 6.07 Å². The first-order chi connectivity index (χ1) is 9.11. The van der Waals surface area contributed by atoms with Crippen LogP contribution in [0.1, 0.15) is 24.1 Å². The van der Waals surface area contributed by atoms with Gasteiger partial charge in [-0.15, -0.1) is 0 Å². The molecule has 1 N–H and O–H groups in total. The van der Waals surface area contributed by atoms with Crippen LogP contribution in [0, 0.1) is 11.3 Å². The lowest BCUT2D eigenvalue weighted by Gasteiger charge is -2.17. The molecule has 2 aromatic rings. The number of anilines is 1. The molecule has 96 valence electrons. The summed E-state index contributed by atoms with van der Waals surface area (Å²) in [4.78, 5) is 0. The lowest BCUT2D eigenvalue weighted by atomic mass is 10.1. The predicted molar refractivity (Wildman–Crippen MR) is 79.7 cm³/mol. The number of rotatable bonds is 3. The van der Waals surface area contributed by atoms with Crippen molar-refractivity contribution in [3.05, 3.63) is 63.6 Å². The zero-order valence-corrected chi connectivity index (χ0v) is 11.8. The van der Waals surface area contributed by atoms with E-state index in [1.807, 2.05) is 43.3 Å². The molecular weight excluding hydrogens is 279 g/mol. The summed E-state index contributed by atoms with van der Waals surface area (Å²) in [5.41, 5.74) is 2.23. The SMILES string of the molecule is CC(Nc1cccc(Cl)c1C#N)c1cccc(Cl)c1. The number of halogens is 2. The molecule has 0 aliphatic rings. The van der Waals surface area contributed by atoms with E-state index < -0.39 is 0 Å². The highest BCUT2D eigenvalue weighted by Gasteiger charge is 2.10.